The molecule has 0 bridgehead atoms. The highest BCUT2D eigenvalue weighted by atomic mass is 16.5. The van der Waals surface area contributed by atoms with Gasteiger partial charge in [-0.15, -0.1) is 0 Å². The SMILES string of the molecule is CCn1cc(C2CCN(C(=O)[C@@H]3CCCO[C@@H]3C)CC2)cn1. The third-order valence-corrected chi connectivity index (χ3v) is 5.18. The number of ether oxygens (including phenoxy) is 1. The molecule has 2 atom stereocenters. The first-order valence-corrected chi connectivity index (χ1v) is 8.61. The first-order valence-electron chi connectivity index (χ1n) is 8.61. The van der Waals surface area contributed by atoms with E-state index in [4.69, 9.17) is 4.74 Å². The maximum Gasteiger partial charge on any atom is 0.228 e. The van der Waals surface area contributed by atoms with E-state index in [1.807, 2.05) is 17.8 Å². The van der Waals surface area contributed by atoms with Gasteiger partial charge in [0.05, 0.1) is 18.2 Å². The Kier molecular flexibility index (Phi) is 4.81. The number of carbonyl (C=O) groups excluding carboxylic acids is 1. The Morgan fingerprint density at radius 2 is 2.14 bits per heavy atom. The summed E-state index contributed by atoms with van der Waals surface area (Å²) in [6.07, 6.45) is 8.28. The van der Waals surface area contributed by atoms with E-state index in [2.05, 4.69) is 23.1 Å². The molecular formula is C17H27N3O2. The molecule has 5 heteroatoms. The summed E-state index contributed by atoms with van der Waals surface area (Å²) in [4.78, 5) is 14.7. The molecule has 22 heavy (non-hydrogen) atoms. The molecule has 0 radical (unpaired) electrons. The van der Waals surface area contributed by atoms with Crippen LogP contribution >= 0.6 is 0 Å². The molecule has 0 N–H and O–H groups in total. The first kappa shape index (κ1) is 15.5. The first-order chi connectivity index (χ1) is 10.7. The summed E-state index contributed by atoms with van der Waals surface area (Å²) < 4.78 is 7.63. The van der Waals surface area contributed by atoms with Crippen molar-refractivity contribution in [3.8, 4) is 0 Å². The predicted molar refractivity (Wildman–Crippen MR) is 84.6 cm³/mol. The Hall–Kier alpha value is -1.36. The second kappa shape index (κ2) is 6.82. The number of amides is 1. The Morgan fingerprint density at radius 1 is 1.36 bits per heavy atom. The highest BCUT2D eigenvalue weighted by molar-refractivity contribution is 5.79. The lowest BCUT2D eigenvalue weighted by Crippen LogP contribution is -2.45. The molecule has 1 aromatic heterocycles. The minimum Gasteiger partial charge on any atom is -0.378 e. The van der Waals surface area contributed by atoms with E-state index >= 15 is 0 Å². The lowest BCUT2D eigenvalue weighted by atomic mass is 9.89. The molecule has 122 valence electrons. The second-order valence-electron chi connectivity index (χ2n) is 6.55. The number of carbonyl (C=O) groups is 1. The van der Waals surface area contributed by atoms with E-state index in [0.717, 1.165) is 51.9 Å². The third kappa shape index (κ3) is 3.19. The average Bonchev–Trinajstić information content (AvgIpc) is 3.04. The number of hydrogen-bond donors (Lipinski definition) is 0. The maximum absolute atomic E-state index is 12.7. The van der Waals surface area contributed by atoms with Gasteiger partial charge in [0.15, 0.2) is 0 Å². The molecule has 5 nitrogen and oxygen atoms in total. The lowest BCUT2D eigenvalue weighted by molar-refractivity contribution is -0.145. The fraction of sp³-hybridized carbons (Fsp3) is 0.765. The molecular weight excluding hydrogens is 278 g/mol. The molecule has 0 aromatic carbocycles. The highest BCUT2D eigenvalue weighted by Gasteiger charge is 2.34. The Labute approximate surface area is 132 Å². The molecule has 1 amide bonds. The van der Waals surface area contributed by atoms with Crippen LogP contribution in [0.15, 0.2) is 12.4 Å². The van der Waals surface area contributed by atoms with Gasteiger partial charge in [0.25, 0.3) is 0 Å². The van der Waals surface area contributed by atoms with E-state index in [9.17, 15) is 4.79 Å². The molecule has 0 aliphatic carbocycles. The zero-order valence-electron chi connectivity index (χ0n) is 13.7. The van der Waals surface area contributed by atoms with Crippen molar-refractivity contribution in [3.63, 3.8) is 0 Å². The van der Waals surface area contributed by atoms with Gasteiger partial charge in [0.1, 0.15) is 0 Å². The topological polar surface area (TPSA) is 47.4 Å². The number of aromatic nitrogens is 2. The van der Waals surface area contributed by atoms with Crippen molar-refractivity contribution in [1.29, 1.82) is 0 Å². The number of aryl methyl sites for hydroxylation is 1. The molecule has 0 spiro atoms. The van der Waals surface area contributed by atoms with E-state index in [-0.39, 0.29) is 12.0 Å². The van der Waals surface area contributed by atoms with Gasteiger partial charge >= 0.3 is 0 Å². The number of rotatable bonds is 3. The lowest BCUT2D eigenvalue weighted by Gasteiger charge is -2.37. The summed E-state index contributed by atoms with van der Waals surface area (Å²) in [7, 11) is 0. The van der Waals surface area contributed by atoms with Crippen LogP contribution in [0, 0.1) is 5.92 Å². The number of piperidine rings is 1. The van der Waals surface area contributed by atoms with Gasteiger partial charge in [0, 0.05) is 32.4 Å². The van der Waals surface area contributed by atoms with Crippen molar-refractivity contribution in [2.75, 3.05) is 19.7 Å². The summed E-state index contributed by atoms with van der Waals surface area (Å²) in [6.45, 7) is 7.58. The summed E-state index contributed by atoms with van der Waals surface area (Å²) in [6, 6.07) is 0. The smallest absolute Gasteiger partial charge is 0.228 e. The molecule has 3 heterocycles. The summed E-state index contributed by atoms with van der Waals surface area (Å²) in [5.41, 5.74) is 1.32. The zero-order valence-corrected chi connectivity index (χ0v) is 13.7. The zero-order chi connectivity index (χ0) is 15.5. The normalized spacial score (nSPS) is 27.1. The average molecular weight is 305 g/mol. The van der Waals surface area contributed by atoms with Crippen LogP contribution in [0.5, 0.6) is 0 Å². The maximum atomic E-state index is 12.7. The van der Waals surface area contributed by atoms with Crippen LogP contribution in [-0.2, 0) is 16.1 Å². The molecule has 1 aromatic rings. The summed E-state index contributed by atoms with van der Waals surface area (Å²) in [5, 5.41) is 4.37. The van der Waals surface area contributed by atoms with Crippen molar-refractivity contribution in [1.82, 2.24) is 14.7 Å². The van der Waals surface area contributed by atoms with E-state index in [0.29, 0.717) is 11.8 Å². The molecule has 2 aliphatic rings. The van der Waals surface area contributed by atoms with Gasteiger partial charge < -0.3 is 9.64 Å². The fourth-order valence-electron chi connectivity index (χ4n) is 3.68. The molecule has 2 fully saturated rings. The van der Waals surface area contributed by atoms with Crippen LogP contribution in [-0.4, -0.2) is 46.4 Å². The van der Waals surface area contributed by atoms with Gasteiger partial charge in [-0.2, -0.15) is 5.10 Å². The monoisotopic (exact) mass is 305 g/mol. The van der Waals surface area contributed by atoms with Gasteiger partial charge in [0.2, 0.25) is 5.91 Å². The fourth-order valence-corrected chi connectivity index (χ4v) is 3.68. The number of nitrogens with zero attached hydrogens (tertiary/aromatic N) is 3. The second-order valence-corrected chi connectivity index (χ2v) is 6.55. The molecule has 0 unspecified atom stereocenters. The van der Waals surface area contributed by atoms with E-state index in [1.54, 1.807) is 0 Å². The number of likely N-dealkylation sites (tertiary alicyclic amines) is 1. The van der Waals surface area contributed by atoms with Crippen LogP contribution in [0.25, 0.3) is 0 Å². The van der Waals surface area contributed by atoms with Crippen molar-refractivity contribution in [3.05, 3.63) is 18.0 Å². The molecule has 3 rings (SSSR count). The Bertz CT molecular complexity index is 506. The number of hydrogen-bond acceptors (Lipinski definition) is 3. The molecule has 2 aliphatic heterocycles. The van der Waals surface area contributed by atoms with E-state index < -0.39 is 0 Å². The third-order valence-electron chi connectivity index (χ3n) is 5.18. The van der Waals surface area contributed by atoms with Crippen LogP contribution in [0.4, 0.5) is 0 Å². The van der Waals surface area contributed by atoms with Gasteiger partial charge in [-0.05, 0) is 51.0 Å². The Morgan fingerprint density at radius 3 is 2.77 bits per heavy atom. The van der Waals surface area contributed by atoms with Crippen LogP contribution in [0.3, 0.4) is 0 Å². The quantitative estimate of drug-likeness (QED) is 0.861. The minimum atomic E-state index is 0.0631. The van der Waals surface area contributed by atoms with Crippen LogP contribution in [0.1, 0.15) is 51.0 Å². The van der Waals surface area contributed by atoms with Crippen molar-refractivity contribution in [2.45, 2.75) is 58.1 Å². The minimum absolute atomic E-state index is 0.0631. The highest BCUT2D eigenvalue weighted by Crippen LogP contribution is 2.30. The van der Waals surface area contributed by atoms with Gasteiger partial charge in [-0.25, -0.2) is 0 Å². The van der Waals surface area contributed by atoms with Gasteiger partial charge in [-0.3, -0.25) is 9.48 Å². The standard InChI is InChI=1S/C17H27N3O2/c1-3-20-12-15(11-18-20)14-6-8-19(9-7-14)17(21)16-5-4-10-22-13(16)2/h11-14,16H,3-10H2,1-2H3/t13-,16-/m1/s1. The van der Waals surface area contributed by atoms with Crippen molar-refractivity contribution >= 4 is 5.91 Å². The van der Waals surface area contributed by atoms with Crippen molar-refractivity contribution in [2.24, 2.45) is 5.92 Å². The Balaban J connectivity index is 1.55. The van der Waals surface area contributed by atoms with Crippen LogP contribution < -0.4 is 0 Å². The molecule has 2 saturated heterocycles. The van der Waals surface area contributed by atoms with Crippen LogP contribution in [0.2, 0.25) is 0 Å². The summed E-state index contributed by atoms with van der Waals surface area (Å²) >= 11 is 0. The van der Waals surface area contributed by atoms with Crippen molar-refractivity contribution < 1.29 is 9.53 Å². The largest absolute Gasteiger partial charge is 0.378 e. The summed E-state index contributed by atoms with van der Waals surface area (Å²) in [5.74, 6) is 0.910. The van der Waals surface area contributed by atoms with Gasteiger partial charge in [-0.1, -0.05) is 0 Å². The predicted octanol–water partition coefficient (Wildman–Crippen LogP) is 2.42. The molecule has 0 saturated carbocycles. The van der Waals surface area contributed by atoms with E-state index in [1.165, 1.54) is 5.56 Å².